The minimum Gasteiger partial charge on any atom is -0.469 e. The monoisotopic (exact) mass is 524 g/mol. The molecule has 0 aliphatic carbocycles. The van der Waals surface area contributed by atoms with Crippen molar-refractivity contribution in [3.63, 3.8) is 0 Å². The van der Waals surface area contributed by atoms with Crippen LogP contribution in [0.4, 0.5) is 9.18 Å². The maximum atomic E-state index is 13.8. The fraction of sp³-hybridized carbons (Fsp3) is 0.500. The summed E-state index contributed by atoms with van der Waals surface area (Å²) >= 11 is 0. The van der Waals surface area contributed by atoms with Crippen LogP contribution in [0.1, 0.15) is 62.8 Å². The Hall–Kier alpha value is -3.42. The highest BCUT2D eigenvalue weighted by Crippen LogP contribution is 2.37. The number of rotatable bonds is 5. The first-order chi connectivity index (χ1) is 18.1. The molecule has 0 radical (unpaired) electrons. The Bertz CT molecular complexity index is 1150. The van der Waals surface area contributed by atoms with Crippen molar-refractivity contribution >= 4 is 18.0 Å². The third-order valence-corrected chi connectivity index (χ3v) is 7.45. The van der Waals surface area contributed by atoms with Gasteiger partial charge in [-0.25, -0.2) is 9.18 Å². The molecule has 4 rings (SSSR count). The first kappa shape index (κ1) is 27.6. The van der Waals surface area contributed by atoms with Crippen LogP contribution in [0.3, 0.4) is 0 Å². The van der Waals surface area contributed by atoms with E-state index in [1.807, 2.05) is 39.0 Å². The van der Waals surface area contributed by atoms with Gasteiger partial charge in [0.2, 0.25) is 5.91 Å². The molecule has 0 N–H and O–H groups in total. The maximum Gasteiger partial charge on any atom is 0.410 e. The second kappa shape index (κ2) is 11.5. The van der Waals surface area contributed by atoms with E-state index in [2.05, 4.69) is 6.07 Å². The van der Waals surface area contributed by atoms with Crippen molar-refractivity contribution in [3.05, 3.63) is 71.0 Å². The number of methoxy groups -OCH3 is 1. The maximum absolute atomic E-state index is 13.8. The highest BCUT2D eigenvalue weighted by atomic mass is 19.1. The lowest BCUT2D eigenvalue weighted by Crippen LogP contribution is -2.46. The van der Waals surface area contributed by atoms with Gasteiger partial charge in [0.25, 0.3) is 0 Å². The van der Waals surface area contributed by atoms with Gasteiger partial charge >= 0.3 is 12.1 Å². The molecule has 7 nitrogen and oxygen atoms in total. The zero-order valence-electron chi connectivity index (χ0n) is 22.6. The Balaban J connectivity index is 1.51. The van der Waals surface area contributed by atoms with Crippen LogP contribution in [-0.4, -0.2) is 60.1 Å². The smallest absolute Gasteiger partial charge is 0.410 e. The molecule has 0 aromatic heterocycles. The Morgan fingerprint density at radius 2 is 1.66 bits per heavy atom. The summed E-state index contributed by atoms with van der Waals surface area (Å²) in [6, 6.07) is 13.9. The average Bonchev–Trinajstić information content (AvgIpc) is 2.90. The van der Waals surface area contributed by atoms with Gasteiger partial charge in [-0.1, -0.05) is 36.4 Å². The predicted molar refractivity (Wildman–Crippen MR) is 141 cm³/mol. The highest BCUT2D eigenvalue weighted by molar-refractivity contribution is 5.84. The largest absolute Gasteiger partial charge is 0.469 e. The number of piperidine rings is 1. The van der Waals surface area contributed by atoms with E-state index in [0.29, 0.717) is 38.9 Å². The first-order valence-corrected chi connectivity index (χ1v) is 13.3. The molecule has 0 spiro atoms. The van der Waals surface area contributed by atoms with Crippen LogP contribution in [0.25, 0.3) is 0 Å². The number of amides is 2. The summed E-state index contributed by atoms with van der Waals surface area (Å²) in [4.78, 5) is 42.6. The summed E-state index contributed by atoms with van der Waals surface area (Å²) in [5.41, 5.74) is 2.42. The van der Waals surface area contributed by atoms with Crippen LogP contribution in [-0.2, 0) is 25.5 Å². The molecule has 1 saturated heterocycles. The van der Waals surface area contributed by atoms with Gasteiger partial charge < -0.3 is 19.3 Å². The number of fused-ring (bicyclic) bond motifs is 1. The molecule has 2 aliphatic rings. The van der Waals surface area contributed by atoms with Gasteiger partial charge in [0.1, 0.15) is 11.4 Å². The molecule has 38 heavy (non-hydrogen) atoms. The number of nitrogens with zero attached hydrogens (tertiary/aromatic N) is 2. The SMILES string of the molecule is COC(=O)C(CC(=O)N1CCc2ccccc2[C@@H]1c1ccc(F)cc1)C1CCN(C(=O)OC(C)(C)C)CC1. The molecule has 2 amide bonds. The van der Waals surface area contributed by atoms with E-state index in [1.165, 1.54) is 19.2 Å². The molecule has 2 heterocycles. The summed E-state index contributed by atoms with van der Waals surface area (Å²) in [5, 5.41) is 0. The lowest BCUT2D eigenvalue weighted by atomic mass is 9.81. The summed E-state index contributed by atoms with van der Waals surface area (Å²) in [6.07, 6.45) is 1.52. The predicted octanol–water partition coefficient (Wildman–Crippen LogP) is 5.13. The van der Waals surface area contributed by atoms with Gasteiger partial charge in [0.15, 0.2) is 0 Å². The van der Waals surface area contributed by atoms with E-state index in [9.17, 15) is 18.8 Å². The molecular weight excluding hydrogens is 487 g/mol. The Kier molecular flexibility index (Phi) is 8.38. The number of likely N-dealkylation sites (tertiary alicyclic amines) is 1. The number of hydrogen-bond donors (Lipinski definition) is 0. The quantitative estimate of drug-likeness (QED) is 0.507. The van der Waals surface area contributed by atoms with Crippen molar-refractivity contribution < 1.29 is 28.2 Å². The number of esters is 1. The second-order valence-electron chi connectivity index (χ2n) is 11.1. The van der Waals surface area contributed by atoms with Crippen LogP contribution in [0.15, 0.2) is 48.5 Å². The molecule has 204 valence electrons. The Morgan fingerprint density at radius 3 is 2.29 bits per heavy atom. The molecule has 1 fully saturated rings. The van der Waals surface area contributed by atoms with Crippen LogP contribution in [0.5, 0.6) is 0 Å². The molecule has 2 aromatic rings. The molecule has 2 aromatic carbocycles. The summed E-state index contributed by atoms with van der Waals surface area (Å²) in [7, 11) is 1.34. The number of benzene rings is 2. The third-order valence-electron chi connectivity index (χ3n) is 7.45. The van der Waals surface area contributed by atoms with Gasteiger partial charge in [-0.2, -0.15) is 0 Å². The summed E-state index contributed by atoms with van der Waals surface area (Å²) < 4.78 is 24.3. The van der Waals surface area contributed by atoms with Crippen molar-refractivity contribution in [1.29, 1.82) is 0 Å². The number of halogens is 1. The van der Waals surface area contributed by atoms with E-state index < -0.39 is 17.5 Å². The Morgan fingerprint density at radius 1 is 1.00 bits per heavy atom. The lowest BCUT2D eigenvalue weighted by molar-refractivity contribution is -0.152. The molecule has 1 unspecified atom stereocenters. The molecule has 8 heteroatoms. The summed E-state index contributed by atoms with van der Waals surface area (Å²) in [6.45, 7) is 6.90. The number of carbonyl (C=O) groups excluding carboxylic acids is 3. The topological polar surface area (TPSA) is 76.2 Å². The molecule has 2 atom stereocenters. The number of carbonyl (C=O) groups is 3. The zero-order chi connectivity index (χ0) is 27.4. The normalized spacial score (nSPS) is 18.9. The fourth-order valence-corrected chi connectivity index (χ4v) is 5.55. The van der Waals surface area contributed by atoms with E-state index in [0.717, 1.165) is 16.7 Å². The van der Waals surface area contributed by atoms with E-state index in [-0.39, 0.29) is 36.2 Å². The van der Waals surface area contributed by atoms with Crippen molar-refractivity contribution in [2.75, 3.05) is 26.7 Å². The molecule has 0 saturated carbocycles. The van der Waals surface area contributed by atoms with E-state index >= 15 is 0 Å². The van der Waals surface area contributed by atoms with Gasteiger partial charge in [-0.15, -0.1) is 0 Å². The first-order valence-electron chi connectivity index (χ1n) is 13.3. The molecule has 2 aliphatic heterocycles. The molecular formula is C30H37FN2O5. The zero-order valence-corrected chi connectivity index (χ0v) is 22.6. The lowest BCUT2D eigenvalue weighted by Gasteiger charge is -2.39. The van der Waals surface area contributed by atoms with Crippen molar-refractivity contribution in [2.24, 2.45) is 11.8 Å². The summed E-state index contributed by atoms with van der Waals surface area (Å²) in [5.74, 6) is -1.59. The van der Waals surface area contributed by atoms with Gasteiger partial charge in [0.05, 0.1) is 19.1 Å². The van der Waals surface area contributed by atoms with Crippen LogP contribution >= 0.6 is 0 Å². The molecule has 0 bridgehead atoms. The van der Waals surface area contributed by atoms with E-state index in [4.69, 9.17) is 9.47 Å². The van der Waals surface area contributed by atoms with Gasteiger partial charge in [-0.3, -0.25) is 9.59 Å². The van der Waals surface area contributed by atoms with Gasteiger partial charge in [0, 0.05) is 26.1 Å². The van der Waals surface area contributed by atoms with Crippen LogP contribution in [0.2, 0.25) is 0 Å². The minimum atomic E-state index is -0.612. The van der Waals surface area contributed by atoms with E-state index in [1.54, 1.807) is 21.9 Å². The van der Waals surface area contributed by atoms with Crippen LogP contribution < -0.4 is 0 Å². The van der Waals surface area contributed by atoms with Gasteiger partial charge in [-0.05, 0) is 74.8 Å². The van der Waals surface area contributed by atoms with Crippen molar-refractivity contribution in [2.45, 2.75) is 58.1 Å². The highest BCUT2D eigenvalue weighted by Gasteiger charge is 2.39. The third kappa shape index (κ3) is 6.34. The fourth-order valence-electron chi connectivity index (χ4n) is 5.55. The number of hydrogen-bond acceptors (Lipinski definition) is 5. The van der Waals surface area contributed by atoms with Crippen LogP contribution in [0, 0.1) is 17.7 Å². The van der Waals surface area contributed by atoms with Crippen molar-refractivity contribution in [1.82, 2.24) is 9.80 Å². The minimum absolute atomic E-state index is 0.0175. The number of ether oxygens (including phenoxy) is 2. The standard InChI is InChI=1S/C30H37FN2O5/c1-30(2,3)38-29(36)32-16-13-21(14-17-32)25(28(35)37-4)19-26(34)33-18-15-20-7-5-6-8-24(20)27(33)22-9-11-23(31)12-10-22/h5-12,21,25,27H,13-19H2,1-4H3/t25?,27-/m0/s1. The Labute approximate surface area is 223 Å². The second-order valence-corrected chi connectivity index (χ2v) is 11.1. The average molecular weight is 525 g/mol. The van der Waals surface area contributed by atoms with Crippen molar-refractivity contribution in [3.8, 4) is 0 Å².